The molecule has 1 fully saturated rings. The summed E-state index contributed by atoms with van der Waals surface area (Å²) in [6.07, 6.45) is 3.13. The molecule has 0 amide bonds. The first-order chi connectivity index (χ1) is 12.7. The average Bonchev–Trinajstić information content (AvgIpc) is 3.21. The summed E-state index contributed by atoms with van der Waals surface area (Å²) in [7, 11) is 0. The van der Waals surface area contributed by atoms with Crippen LogP contribution in [0, 0.1) is 5.92 Å². The van der Waals surface area contributed by atoms with Crippen LogP contribution in [-0.4, -0.2) is 57.7 Å². The molecule has 136 valence electrons. The van der Waals surface area contributed by atoms with Gasteiger partial charge in [-0.2, -0.15) is 11.8 Å². The summed E-state index contributed by atoms with van der Waals surface area (Å²) >= 11 is 1.89. The van der Waals surface area contributed by atoms with Crippen molar-refractivity contribution < 1.29 is 5.11 Å². The number of hydrogen-bond donors (Lipinski definition) is 2. The van der Waals surface area contributed by atoms with E-state index in [0.29, 0.717) is 24.0 Å². The van der Waals surface area contributed by atoms with Gasteiger partial charge in [0, 0.05) is 43.3 Å². The normalized spacial score (nSPS) is 24.9. The number of aliphatic hydroxyl groups excluding tert-OH is 1. The number of thioether (sulfide) groups is 1. The Kier molecular flexibility index (Phi) is 5.19. The van der Waals surface area contributed by atoms with Crippen molar-refractivity contribution in [2.75, 3.05) is 31.1 Å². The molecule has 2 aliphatic heterocycles. The van der Waals surface area contributed by atoms with Crippen LogP contribution in [0.25, 0.3) is 0 Å². The van der Waals surface area contributed by atoms with Crippen molar-refractivity contribution in [3.8, 4) is 0 Å². The Morgan fingerprint density at radius 3 is 2.88 bits per heavy atom. The maximum absolute atomic E-state index is 10.4. The number of anilines is 1. The van der Waals surface area contributed by atoms with Crippen LogP contribution in [0.15, 0.2) is 41.7 Å². The number of aliphatic imine (C=N–C) groups is 1. The highest BCUT2D eigenvalue weighted by Crippen LogP contribution is 2.35. The fourth-order valence-electron chi connectivity index (χ4n) is 3.61. The monoisotopic (exact) mass is 369 g/mol. The predicted octanol–water partition coefficient (Wildman–Crippen LogP) is 2.08. The molecule has 0 saturated carbocycles. The van der Waals surface area contributed by atoms with Gasteiger partial charge in [-0.3, -0.25) is 9.89 Å². The van der Waals surface area contributed by atoms with Crippen molar-refractivity contribution in [3.63, 3.8) is 0 Å². The van der Waals surface area contributed by atoms with E-state index in [1.54, 1.807) is 0 Å². The zero-order valence-corrected chi connectivity index (χ0v) is 15.3. The molecule has 0 spiro atoms. The van der Waals surface area contributed by atoms with Gasteiger partial charge in [0.1, 0.15) is 12.0 Å². The molecule has 1 aromatic carbocycles. The van der Waals surface area contributed by atoms with Gasteiger partial charge in [-0.05, 0) is 5.56 Å². The Balaban J connectivity index is 1.29. The lowest BCUT2D eigenvalue weighted by atomic mass is 10.1. The lowest BCUT2D eigenvalue weighted by Crippen LogP contribution is -2.27. The van der Waals surface area contributed by atoms with Crippen molar-refractivity contribution in [2.45, 2.75) is 17.8 Å². The summed E-state index contributed by atoms with van der Waals surface area (Å²) in [5.74, 6) is 2.82. The highest BCUT2D eigenvalue weighted by atomic mass is 32.2. The first-order valence-electron chi connectivity index (χ1n) is 8.87. The highest BCUT2D eigenvalue weighted by Gasteiger charge is 2.34. The standard InChI is InChI=1S/C19H23N5OS/c20-19-18-17(22-12-23-19)14(6-21-18)7-24-8-15(16(25)9-24)11-26-10-13-4-2-1-3-5-13/h1-6,12,14-16,25H,7-11H2,(H2,20,22,23)/t14?,15-,16+/m1/s1. The van der Waals surface area contributed by atoms with E-state index in [0.717, 1.165) is 30.3 Å². The van der Waals surface area contributed by atoms with E-state index >= 15 is 0 Å². The van der Waals surface area contributed by atoms with E-state index in [9.17, 15) is 5.11 Å². The number of β-amino-alcohol motifs (C(OH)–C–C–N with tert-alkyl or cyclic N) is 1. The molecule has 2 aromatic rings. The number of nitrogen functional groups attached to an aromatic ring is 1. The van der Waals surface area contributed by atoms with Gasteiger partial charge in [-0.1, -0.05) is 30.3 Å². The number of likely N-dealkylation sites (tertiary alicyclic amines) is 1. The number of hydrogen-bond acceptors (Lipinski definition) is 7. The fraction of sp³-hybridized carbons (Fsp3) is 0.421. The summed E-state index contributed by atoms with van der Waals surface area (Å²) in [4.78, 5) is 15.0. The molecule has 26 heavy (non-hydrogen) atoms. The molecule has 7 heteroatoms. The zero-order valence-electron chi connectivity index (χ0n) is 14.5. The highest BCUT2D eigenvalue weighted by molar-refractivity contribution is 7.98. The molecule has 0 aliphatic carbocycles. The predicted molar refractivity (Wildman–Crippen MR) is 106 cm³/mol. The molecule has 3 N–H and O–H groups in total. The minimum absolute atomic E-state index is 0.123. The first kappa shape index (κ1) is 17.5. The summed E-state index contributed by atoms with van der Waals surface area (Å²) in [5, 5.41) is 10.4. The molecule has 3 atom stereocenters. The summed E-state index contributed by atoms with van der Waals surface area (Å²) in [6.45, 7) is 2.42. The van der Waals surface area contributed by atoms with Crippen molar-refractivity contribution >= 4 is 29.5 Å². The molecule has 2 aliphatic rings. The van der Waals surface area contributed by atoms with Crippen LogP contribution in [0.5, 0.6) is 0 Å². The zero-order chi connectivity index (χ0) is 17.9. The van der Waals surface area contributed by atoms with Gasteiger partial charge in [-0.25, -0.2) is 9.97 Å². The number of nitrogens with zero attached hydrogens (tertiary/aromatic N) is 4. The minimum Gasteiger partial charge on any atom is -0.391 e. The second-order valence-corrected chi connectivity index (χ2v) is 7.95. The van der Waals surface area contributed by atoms with Crippen LogP contribution in [0.4, 0.5) is 11.5 Å². The van der Waals surface area contributed by atoms with Gasteiger partial charge in [0.15, 0.2) is 5.82 Å². The van der Waals surface area contributed by atoms with Crippen LogP contribution >= 0.6 is 11.8 Å². The van der Waals surface area contributed by atoms with Gasteiger partial charge in [0.25, 0.3) is 0 Å². The Morgan fingerprint density at radius 1 is 1.19 bits per heavy atom. The van der Waals surface area contributed by atoms with E-state index in [4.69, 9.17) is 5.73 Å². The molecule has 1 unspecified atom stereocenters. The van der Waals surface area contributed by atoms with E-state index < -0.39 is 0 Å². The lowest BCUT2D eigenvalue weighted by molar-refractivity contribution is 0.150. The third-order valence-corrected chi connectivity index (χ3v) is 6.20. The van der Waals surface area contributed by atoms with Crippen LogP contribution in [-0.2, 0) is 5.75 Å². The second-order valence-electron chi connectivity index (χ2n) is 6.92. The number of fused-ring (bicyclic) bond motifs is 1. The Labute approximate surface area is 157 Å². The van der Waals surface area contributed by atoms with Crippen molar-refractivity contribution in [1.29, 1.82) is 0 Å². The molecular weight excluding hydrogens is 346 g/mol. The van der Waals surface area contributed by atoms with Crippen LogP contribution < -0.4 is 5.73 Å². The number of rotatable bonds is 6. The topological polar surface area (TPSA) is 87.6 Å². The average molecular weight is 369 g/mol. The van der Waals surface area contributed by atoms with E-state index in [1.807, 2.05) is 24.0 Å². The SMILES string of the molecule is Nc1ncnc2c1N=CC2CN1C[C@H](CSCc2ccccc2)[C@@H](O)C1. The van der Waals surface area contributed by atoms with Gasteiger partial charge >= 0.3 is 0 Å². The molecule has 1 aromatic heterocycles. The molecule has 4 rings (SSSR count). The maximum atomic E-state index is 10.4. The lowest BCUT2D eigenvalue weighted by Gasteiger charge is -2.19. The molecule has 0 bridgehead atoms. The Bertz CT molecular complexity index is 785. The number of nitrogens with two attached hydrogens (primary N) is 1. The van der Waals surface area contributed by atoms with Gasteiger partial charge < -0.3 is 10.8 Å². The van der Waals surface area contributed by atoms with E-state index in [1.165, 1.54) is 11.9 Å². The van der Waals surface area contributed by atoms with E-state index in [2.05, 4.69) is 44.1 Å². The molecule has 1 saturated heterocycles. The molecule has 3 heterocycles. The van der Waals surface area contributed by atoms with Gasteiger partial charge in [0.2, 0.25) is 0 Å². The summed E-state index contributed by atoms with van der Waals surface area (Å²) in [5.41, 5.74) is 8.80. The number of aromatic nitrogens is 2. The van der Waals surface area contributed by atoms with Gasteiger partial charge in [-0.15, -0.1) is 0 Å². The summed E-state index contributed by atoms with van der Waals surface area (Å²) < 4.78 is 0. The van der Waals surface area contributed by atoms with Crippen molar-refractivity contribution in [2.24, 2.45) is 10.9 Å². The third-order valence-electron chi connectivity index (χ3n) is 4.99. The maximum Gasteiger partial charge on any atom is 0.153 e. The van der Waals surface area contributed by atoms with Crippen LogP contribution in [0.1, 0.15) is 17.2 Å². The van der Waals surface area contributed by atoms with E-state index in [-0.39, 0.29) is 12.0 Å². The number of aliphatic hydroxyl groups is 1. The minimum atomic E-state index is -0.272. The fourth-order valence-corrected chi connectivity index (χ4v) is 4.79. The first-order valence-corrected chi connectivity index (χ1v) is 10.0. The second kappa shape index (κ2) is 7.73. The smallest absolute Gasteiger partial charge is 0.153 e. The van der Waals surface area contributed by atoms with Crippen molar-refractivity contribution in [3.05, 3.63) is 47.9 Å². The molecular formula is C19H23N5OS. The Hall–Kier alpha value is -1.96. The quantitative estimate of drug-likeness (QED) is 0.811. The Morgan fingerprint density at radius 2 is 2.04 bits per heavy atom. The van der Waals surface area contributed by atoms with Crippen LogP contribution in [0.2, 0.25) is 0 Å². The van der Waals surface area contributed by atoms with Gasteiger partial charge in [0.05, 0.1) is 17.7 Å². The largest absolute Gasteiger partial charge is 0.391 e. The molecule has 0 radical (unpaired) electrons. The van der Waals surface area contributed by atoms with Crippen molar-refractivity contribution in [1.82, 2.24) is 14.9 Å². The third kappa shape index (κ3) is 3.75. The molecule has 6 nitrogen and oxygen atoms in total. The summed E-state index contributed by atoms with van der Waals surface area (Å²) in [6, 6.07) is 10.5. The van der Waals surface area contributed by atoms with Crippen LogP contribution in [0.3, 0.4) is 0 Å². The number of benzene rings is 1.